The number of hydrogen-bond donors (Lipinski definition) is 1. The van der Waals surface area contributed by atoms with Crippen LogP contribution in [-0.4, -0.2) is 50.7 Å². The van der Waals surface area contributed by atoms with Crippen LogP contribution in [0, 0.1) is 11.8 Å². The summed E-state index contributed by atoms with van der Waals surface area (Å²) in [5.74, 6) is 0.766. The van der Waals surface area contributed by atoms with E-state index in [9.17, 15) is 9.59 Å². The van der Waals surface area contributed by atoms with Gasteiger partial charge in [-0.05, 0) is 70.2 Å². The van der Waals surface area contributed by atoms with E-state index >= 15 is 0 Å². The van der Waals surface area contributed by atoms with E-state index < -0.39 is 0 Å². The van der Waals surface area contributed by atoms with E-state index in [0.29, 0.717) is 42.2 Å². The quantitative estimate of drug-likeness (QED) is 0.614. The largest absolute Gasteiger partial charge is 0.351 e. The third kappa shape index (κ3) is 4.58. The summed E-state index contributed by atoms with van der Waals surface area (Å²) in [5.41, 5.74) is 2.29. The highest BCUT2D eigenvalue weighted by atomic mass is 16.2. The monoisotopic (exact) mass is 437 g/mol. The third-order valence-corrected chi connectivity index (χ3v) is 6.57. The summed E-state index contributed by atoms with van der Waals surface area (Å²) in [4.78, 5) is 28.5. The summed E-state index contributed by atoms with van der Waals surface area (Å²) in [6.45, 7) is 12.2. The molecule has 2 aromatic heterocycles. The van der Waals surface area contributed by atoms with Crippen LogP contribution in [0.5, 0.6) is 0 Å². The number of nitrogens with one attached hydrogen (secondary N) is 1. The van der Waals surface area contributed by atoms with Crippen LogP contribution in [0.15, 0.2) is 35.1 Å². The zero-order chi connectivity index (χ0) is 22.8. The molecule has 0 aliphatic carbocycles. The number of para-hydroxylation sites is 2. The van der Waals surface area contributed by atoms with Crippen molar-refractivity contribution in [3.8, 4) is 0 Å². The highest BCUT2D eigenvalue weighted by Gasteiger charge is 2.21. The molecular formula is C25H35N5O2. The first-order chi connectivity index (χ1) is 15.3. The number of nitrogens with zero attached hydrogens (tertiary/aromatic N) is 4. The zero-order valence-electron chi connectivity index (χ0n) is 19.7. The number of hydrogen-bond acceptors (Lipinski definition) is 4. The number of carbonyl (C=O) groups excluding carboxylic acids is 1. The summed E-state index contributed by atoms with van der Waals surface area (Å²) in [7, 11) is 0. The molecule has 7 nitrogen and oxygen atoms in total. The van der Waals surface area contributed by atoms with Gasteiger partial charge >= 0.3 is 0 Å². The molecule has 0 atom stereocenters. The number of carbonyl (C=O) groups is 1. The summed E-state index contributed by atoms with van der Waals surface area (Å²) >= 11 is 0. The number of rotatable bonds is 7. The van der Waals surface area contributed by atoms with Crippen LogP contribution in [0.3, 0.4) is 0 Å². The molecule has 4 rings (SSSR count). The van der Waals surface area contributed by atoms with Crippen LogP contribution in [0.4, 0.5) is 0 Å². The van der Waals surface area contributed by atoms with Gasteiger partial charge in [-0.15, -0.1) is 0 Å². The van der Waals surface area contributed by atoms with Crippen LogP contribution >= 0.6 is 0 Å². The molecule has 32 heavy (non-hydrogen) atoms. The van der Waals surface area contributed by atoms with E-state index in [1.807, 2.05) is 24.3 Å². The van der Waals surface area contributed by atoms with Gasteiger partial charge in [0.1, 0.15) is 5.52 Å². The second-order valence-corrected chi connectivity index (χ2v) is 9.74. The molecule has 0 spiro atoms. The van der Waals surface area contributed by atoms with Gasteiger partial charge in [-0.2, -0.15) is 5.10 Å². The van der Waals surface area contributed by atoms with Crippen LogP contribution < -0.4 is 10.9 Å². The molecule has 1 amide bonds. The topological polar surface area (TPSA) is 71.6 Å². The van der Waals surface area contributed by atoms with E-state index in [1.165, 1.54) is 12.8 Å². The number of amides is 1. The fraction of sp³-hybridized carbons (Fsp3) is 0.560. The van der Waals surface area contributed by atoms with Crippen molar-refractivity contribution in [1.82, 2.24) is 24.4 Å². The van der Waals surface area contributed by atoms with Gasteiger partial charge in [0.2, 0.25) is 0 Å². The molecule has 3 aromatic rings. The fourth-order valence-corrected chi connectivity index (χ4v) is 4.73. The minimum absolute atomic E-state index is 0.110. The summed E-state index contributed by atoms with van der Waals surface area (Å²) < 4.78 is 3.41. The van der Waals surface area contributed by atoms with Gasteiger partial charge in [0.25, 0.3) is 11.5 Å². The van der Waals surface area contributed by atoms with Crippen molar-refractivity contribution in [2.45, 2.75) is 59.5 Å². The van der Waals surface area contributed by atoms with Gasteiger partial charge < -0.3 is 14.8 Å². The first-order valence-electron chi connectivity index (χ1n) is 11.9. The Morgan fingerprint density at radius 3 is 2.44 bits per heavy atom. The standard InChI is InChI=1S/C25H35N5O2/c1-17(2)16-29-21-7-5-6-8-22(21)30-23(25(29)32)15-20(27-30)24(31)26-12-9-19-10-13-28(14-11-19)18(3)4/h5-8,15,17-19H,9-14,16H2,1-4H3,(H,26,31). The molecule has 1 aromatic carbocycles. The minimum Gasteiger partial charge on any atom is -0.351 e. The number of fused-ring (bicyclic) bond motifs is 3. The molecular weight excluding hydrogens is 402 g/mol. The Morgan fingerprint density at radius 2 is 1.78 bits per heavy atom. The van der Waals surface area contributed by atoms with Crippen molar-refractivity contribution < 1.29 is 4.79 Å². The summed E-state index contributed by atoms with van der Waals surface area (Å²) in [6.07, 6.45) is 3.35. The maximum atomic E-state index is 13.2. The van der Waals surface area contributed by atoms with E-state index in [-0.39, 0.29) is 11.5 Å². The van der Waals surface area contributed by atoms with E-state index in [0.717, 1.165) is 30.5 Å². The van der Waals surface area contributed by atoms with Gasteiger partial charge in [0, 0.05) is 25.2 Å². The maximum Gasteiger partial charge on any atom is 0.277 e. The molecule has 172 valence electrons. The van der Waals surface area contributed by atoms with Crippen molar-refractivity contribution >= 4 is 22.5 Å². The van der Waals surface area contributed by atoms with Crippen molar-refractivity contribution in [3.05, 3.63) is 46.4 Å². The van der Waals surface area contributed by atoms with Gasteiger partial charge in [-0.3, -0.25) is 9.59 Å². The molecule has 1 aliphatic heterocycles. The molecule has 1 saturated heterocycles. The minimum atomic E-state index is -0.216. The van der Waals surface area contributed by atoms with Crippen molar-refractivity contribution in [2.75, 3.05) is 19.6 Å². The van der Waals surface area contributed by atoms with E-state index in [4.69, 9.17) is 0 Å². The van der Waals surface area contributed by atoms with E-state index in [2.05, 4.69) is 43.0 Å². The Hall–Kier alpha value is -2.67. The Bertz CT molecular complexity index is 1150. The van der Waals surface area contributed by atoms with Gasteiger partial charge in [0.05, 0.1) is 11.0 Å². The second-order valence-electron chi connectivity index (χ2n) is 9.74. The lowest BCUT2D eigenvalue weighted by atomic mass is 9.93. The van der Waals surface area contributed by atoms with Gasteiger partial charge in [-0.1, -0.05) is 26.0 Å². The molecule has 3 heterocycles. The molecule has 1 N–H and O–H groups in total. The van der Waals surface area contributed by atoms with Gasteiger partial charge in [-0.25, -0.2) is 4.52 Å². The molecule has 0 saturated carbocycles. The molecule has 7 heteroatoms. The lowest BCUT2D eigenvalue weighted by Crippen LogP contribution is -2.39. The van der Waals surface area contributed by atoms with Crippen molar-refractivity contribution in [3.63, 3.8) is 0 Å². The van der Waals surface area contributed by atoms with Crippen LogP contribution in [0.25, 0.3) is 16.6 Å². The SMILES string of the molecule is CC(C)Cn1c(=O)c2cc(C(=O)NCCC3CCN(C(C)C)CC3)nn2c2ccccc21. The van der Waals surface area contributed by atoms with Crippen LogP contribution in [0.1, 0.15) is 57.4 Å². The smallest absolute Gasteiger partial charge is 0.277 e. The second kappa shape index (κ2) is 9.45. The van der Waals surface area contributed by atoms with Gasteiger partial charge in [0.15, 0.2) is 5.69 Å². The first kappa shape index (κ1) is 22.5. The lowest BCUT2D eigenvalue weighted by Gasteiger charge is -2.34. The Kier molecular flexibility index (Phi) is 6.65. The van der Waals surface area contributed by atoms with E-state index in [1.54, 1.807) is 15.1 Å². The summed E-state index contributed by atoms with van der Waals surface area (Å²) in [6, 6.07) is 9.96. The van der Waals surface area contributed by atoms with Crippen molar-refractivity contribution in [2.24, 2.45) is 11.8 Å². The highest BCUT2D eigenvalue weighted by Crippen LogP contribution is 2.21. The molecule has 0 unspecified atom stereocenters. The molecule has 0 radical (unpaired) electrons. The molecule has 1 fully saturated rings. The average Bonchev–Trinajstić information content (AvgIpc) is 3.23. The Morgan fingerprint density at radius 1 is 1.09 bits per heavy atom. The van der Waals surface area contributed by atoms with Crippen LogP contribution in [-0.2, 0) is 6.54 Å². The maximum absolute atomic E-state index is 13.2. The lowest BCUT2D eigenvalue weighted by molar-refractivity contribution is 0.0941. The fourth-order valence-electron chi connectivity index (χ4n) is 4.73. The highest BCUT2D eigenvalue weighted by molar-refractivity contribution is 5.94. The van der Waals surface area contributed by atoms with Crippen molar-refractivity contribution in [1.29, 1.82) is 0 Å². The molecule has 1 aliphatic rings. The average molecular weight is 438 g/mol. The zero-order valence-corrected chi connectivity index (χ0v) is 19.7. The predicted octanol–water partition coefficient (Wildman–Crippen LogP) is 3.55. The third-order valence-electron chi connectivity index (χ3n) is 6.57. The number of benzene rings is 1. The normalized spacial score (nSPS) is 15.9. The summed E-state index contributed by atoms with van der Waals surface area (Å²) in [5, 5.41) is 7.52. The number of likely N-dealkylation sites (tertiary alicyclic amines) is 1. The molecule has 0 bridgehead atoms. The first-order valence-corrected chi connectivity index (χ1v) is 11.9. The predicted molar refractivity (Wildman–Crippen MR) is 128 cm³/mol. The Labute approximate surface area is 189 Å². The number of piperidine rings is 1. The Balaban J connectivity index is 1.49. The number of aromatic nitrogens is 3. The van der Waals surface area contributed by atoms with Crippen LogP contribution in [0.2, 0.25) is 0 Å².